The minimum Gasteiger partial charge on any atom is -0.349 e. The molecule has 0 fully saturated rings. The van der Waals surface area contributed by atoms with Gasteiger partial charge in [-0.25, -0.2) is 0 Å². The van der Waals surface area contributed by atoms with Crippen LogP contribution in [-0.2, 0) is 11.3 Å². The molecule has 1 heterocycles. The molecule has 2 aromatic carbocycles. The Morgan fingerprint density at radius 1 is 1.15 bits per heavy atom. The van der Waals surface area contributed by atoms with Crippen LogP contribution in [0, 0.1) is 6.92 Å². The normalized spacial score (nSPS) is 12.0. The van der Waals surface area contributed by atoms with E-state index in [-0.39, 0.29) is 11.9 Å². The van der Waals surface area contributed by atoms with Gasteiger partial charge in [0.2, 0.25) is 5.91 Å². The van der Waals surface area contributed by atoms with E-state index in [0.29, 0.717) is 5.75 Å². The van der Waals surface area contributed by atoms with Crippen molar-refractivity contribution in [3.63, 3.8) is 0 Å². The quantitative estimate of drug-likeness (QED) is 0.623. The molecule has 0 spiro atoms. The number of benzene rings is 2. The molecule has 140 valence electrons. The van der Waals surface area contributed by atoms with Gasteiger partial charge in [-0.05, 0) is 32.4 Å². The second-order valence-electron chi connectivity index (χ2n) is 6.41. The van der Waals surface area contributed by atoms with E-state index in [1.54, 1.807) is 0 Å². The van der Waals surface area contributed by atoms with Crippen molar-refractivity contribution in [3.8, 4) is 11.4 Å². The van der Waals surface area contributed by atoms with Crippen LogP contribution in [0.15, 0.2) is 59.8 Å². The third-order valence-corrected chi connectivity index (χ3v) is 5.29. The van der Waals surface area contributed by atoms with E-state index in [4.69, 9.17) is 0 Å². The molecule has 0 radical (unpaired) electrons. The lowest BCUT2D eigenvalue weighted by atomic mass is 10.1. The minimum atomic E-state index is -0.0220. The van der Waals surface area contributed by atoms with Gasteiger partial charge in [0.25, 0.3) is 0 Å². The van der Waals surface area contributed by atoms with Crippen LogP contribution >= 0.6 is 11.8 Å². The van der Waals surface area contributed by atoms with Gasteiger partial charge >= 0.3 is 0 Å². The lowest BCUT2D eigenvalue weighted by Crippen LogP contribution is -2.28. The van der Waals surface area contributed by atoms with Crippen molar-refractivity contribution in [2.24, 2.45) is 0 Å². The third kappa shape index (κ3) is 4.77. The van der Waals surface area contributed by atoms with Crippen LogP contribution in [0.4, 0.5) is 0 Å². The Balaban J connectivity index is 1.65. The van der Waals surface area contributed by atoms with Gasteiger partial charge in [0, 0.05) is 12.1 Å². The third-order valence-electron chi connectivity index (χ3n) is 4.32. The maximum Gasteiger partial charge on any atom is 0.230 e. The maximum atomic E-state index is 12.3. The molecule has 0 aliphatic heterocycles. The zero-order chi connectivity index (χ0) is 19.2. The highest BCUT2D eigenvalue weighted by atomic mass is 32.2. The van der Waals surface area contributed by atoms with E-state index in [1.165, 1.54) is 17.3 Å². The summed E-state index contributed by atoms with van der Waals surface area (Å²) in [6.45, 7) is 6.86. The zero-order valence-corrected chi connectivity index (χ0v) is 16.7. The Morgan fingerprint density at radius 2 is 1.93 bits per heavy atom. The predicted octanol–water partition coefficient (Wildman–Crippen LogP) is 4.24. The Bertz CT molecular complexity index is 908. The second-order valence-corrected chi connectivity index (χ2v) is 7.35. The molecular formula is C21H24N4OS. The predicted molar refractivity (Wildman–Crippen MR) is 110 cm³/mol. The molecule has 1 amide bonds. The molecule has 27 heavy (non-hydrogen) atoms. The number of aryl methyl sites for hydroxylation is 1. The summed E-state index contributed by atoms with van der Waals surface area (Å²) in [4.78, 5) is 12.3. The van der Waals surface area contributed by atoms with E-state index < -0.39 is 0 Å². The molecule has 3 rings (SSSR count). The van der Waals surface area contributed by atoms with Crippen molar-refractivity contribution in [3.05, 3.63) is 65.7 Å². The number of thioether (sulfide) groups is 1. The molecule has 0 aliphatic rings. The topological polar surface area (TPSA) is 59.8 Å². The van der Waals surface area contributed by atoms with Gasteiger partial charge in [0.15, 0.2) is 11.0 Å². The summed E-state index contributed by atoms with van der Waals surface area (Å²) in [7, 11) is 0. The summed E-state index contributed by atoms with van der Waals surface area (Å²) in [6.07, 6.45) is 0. The van der Waals surface area contributed by atoms with Crippen LogP contribution in [0.25, 0.3) is 11.4 Å². The fourth-order valence-corrected chi connectivity index (χ4v) is 3.73. The highest BCUT2D eigenvalue weighted by molar-refractivity contribution is 7.99. The van der Waals surface area contributed by atoms with Gasteiger partial charge < -0.3 is 9.88 Å². The number of amides is 1. The van der Waals surface area contributed by atoms with Crippen molar-refractivity contribution in [1.82, 2.24) is 20.1 Å². The van der Waals surface area contributed by atoms with Crippen LogP contribution in [0.3, 0.4) is 0 Å². The summed E-state index contributed by atoms with van der Waals surface area (Å²) in [6, 6.07) is 18.1. The van der Waals surface area contributed by atoms with Crippen molar-refractivity contribution >= 4 is 17.7 Å². The number of nitrogens with zero attached hydrogens (tertiary/aromatic N) is 3. The Kier molecular flexibility index (Phi) is 6.29. The van der Waals surface area contributed by atoms with Gasteiger partial charge in [-0.3, -0.25) is 4.79 Å². The molecular weight excluding hydrogens is 356 g/mol. The summed E-state index contributed by atoms with van der Waals surface area (Å²) in [5.41, 5.74) is 3.31. The van der Waals surface area contributed by atoms with Gasteiger partial charge in [-0.2, -0.15) is 0 Å². The van der Waals surface area contributed by atoms with E-state index >= 15 is 0 Å². The number of aromatic nitrogens is 3. The second kappa shape index (κ2) is 8.86. The Morgan fingerprint density at radius 3 is 2.63 bits per heavy atom. The van der Waals surface area contributed by atoms with Crippen LogP contribution in [0.2, 0.25) is 0 Å². The Labute approximate surface area is 164 Å². The van der Waals surface area contributed by atoms with Gasteiger partial charge in [-0.1, -0.05) is 65.9 Å². The van der Waals surface area contributed by atoms with E-state index in [9.17, 15) is 4.79 Å². The summed E-state index contributed by atoms with van der Waals surface area (Å²) < 4.78 is 2.05. The summed E-state index contributed by atoms with van der Waals surface area (Å²) in [5, 5.41) is 12.4. The fourth-order valence-electron chi connectivity index (χ4n) is 2.92. The van der Waals surface area contributed by atoms with Gasteiger partial charge in [-0.15, -0.1) is 10.2 Å². The SMILES string of the molecule is CCn1c(SCC(=O)N[C@@H](C)c2ccccc2)nnc1-c1cccc(C)c1. The van der Waals surface area contributed by atoms with Gasteiger partial charge in [0.05, 0.1) is 11.8 Å². The van der Waals surface area contributed by atoms with Crippen molar-refractivity contribution in [2.45, 2.75) is 38.5 Å². The van der Waals surface area contributed by atoms with Gasteiger partial charge in [0.1, 0.15) is 0 Å². The number of carbonyl (C=O) groups excluding carboxylic acids is 1. The molecule has 0 saturated carbocycles. The van der Waals surface area contributed by atoms with Crippen LogP contribution in [0.5, 0.6) is 0 Å². The molecule has 0 aliphatic carbocycles. The zero-order valence-electron chi connectivity index (χ0n) is 15.8. The van der Waals surface area contributed by atoms with Crippen LogP contribution < -0.4 is 5.32 Å². The number of carbonyl (C=O) groups is 1. The summed E-state index contributed by atoms with van der Waals surface area (Å²) >= 11 is 1.41. The Hall–Kier alpha value is -2.60. The average Bonchev–Trinajstić information content (AvgIpc) is 3.10. The molecule has 5 nitrogen and oxygen atoms in total. The van der Waals surface area contributed by atoms with E-state index in [0.717, 1.165) is 28.7 Å². The molecule has 6 heteroatoms. The standard InChI is InChI=1S/C21H24N4OS/c1-4-25-20(18-12-8-9-15(2)13-18)23-24-21(25)27-14-19(26)22-16(3)17-10-6-5-7-11-17/h5-13,16H,4,14H2,1-3H3,(H,22,26)/t16-/m0/s1. The minimum absolute atomic E-state index is 0.0147. The first-order valence-electron chi connectivity index (χ1n) is 9.05. The highest BCUT2D eigenvalue weighted by Gasteiger charge is 2.15. The number of hydrogen-bond acceptors (Lipinski definition) is 4. The molecule has 0 unspecified atom stereocenters. The lowest BCUT2D eigenvalue weighted by molar-refractivity contribution is -0.119. The molecule has 0 bridgehead atoms. The van der Waals surface area contributed by atoms with E-state index in [2.05, 4.69) is 41.5 Å². The first-order chi connectivity index (χ1) is 13.1. The van der Waals surface area contributed by atoms with Crippen molar-refractivity contribution < 1.29 is 4.79 Å². The molecule has 0 saturated heterocycles. The number of rotatable bonds is 7. The monoisotopic (exact) mass is 380 g/mol. The summed E-state index contributed by atoms with van der Waals surface area (Å²) in [5.74, 6) is 1.13. The number of hydrogen-bond donors (Lipinski definition) is 1. The lowest BCUT2D eigenvalue weighted by Gasteiger charge is -2.14. The maximum absolute atomic E-state index is 12.3. The van der Waals surface area contributed by atoms with E-state index in [1.807, 2.05) is 54.0 Å². The molecule has 3 aromatic rings. The first-order valence-corrected chi connectivity index (χ1v) is 10.0. The molecule has 1 atom stereocenters. The highest BCUT2D eigenvalue weighted by Crippen LogP contribution is 2.24. The van der Waals surface area contributed by atoms with Crippen molar-refractivity contribution in [1.29, 1.82) is 0 Å². The number of nitrogens with one attached hydrogen (secondary N) is 1. The van der Waals surface area contributed by atoms with Crippen LogP contribution in [-0.4, -0.2) is 26.4 Å². The first kappa shape index (κ1) is 19.2. The average molecular weight is 381 g/mol. The van der Waals surface area contributed by atoms with Crippen LogP contribution in [0.1, 0.15) is 31.0 Å². The fraction of sp³-hybridized carbons (Fsp3) is 0.286. The largest absolute Gasteiger partial charge is 0.349 e. The van der Waals surface area contributed by atoms with Crippen molar-refractivity contribution in [2.75, 3.05) is 5.75 Å². The smallest absolute Gasteiger partial charge is 0.230 e. The molecule has 1 N–H and O–H groups in total. The molecule has 1 aromatic heterocycles.